The first-order valence-corrected chi connectivity index (χ1v) is 9.25. The fourth-order valence-electron chi connectivity index (χ4n) is 2.19. The Kier molecular flexibility index (Phi) is 4.62. The summed E-state index contributed by atoms with van der Waals surface area (Å²) in [5.41, 5.74) is 2.70. The van der Waals surface area contributed by atoms with Crippen LogP contribution in [0.25, 0.3) is 17.1 Å². The molecule has 4 aromatic rings. The number of benzene rings is 2. The van der Waals surface area contributed by atoms with E-state index in [4.69, 9.17) is 4.42 Å². The Bertz CT molecular complexity index is 968. The van der Waals surface area contributed by atoms with E-state index in [1.54, 1.807) is 4.68 Å². The third-order valence-electron chi connectivity index (χ3n) is 3.40. The smallest absolute Gasteiger partial charge is 0.277 e. The van der Waals surface area contributed by atoms with Crippen molar-refractivity contribution in [3.63, 3.8) is 0 Å². The Morgan fingerprint density at radius 3 is 2.56 bits per heavy atom. The van der Waals surface area contributed by atoms with Crippen LogP contribution in [0.2, 0.25) is 0 Å². The zero-order valence-electron chi connectivity index (χ0n) is 12.9. The molecule has 25 heavy (non-hydrogen) atoms. The Labute approximate surface area is 156 Å². The van der Waals surface area contributed by atoms with Gasteiger partial charge >= 0.3 is 0 Å². The number of halogens is 1. The molecule has 0 aliphatic rings. The summed E-state index contributed by atoms with van der Waals surface area (Å²) in [5.74, 6) is 1.12. The maximum atomic E-state index is 5.68. The minimum absolute atomic E-state index is 0.511. The lowest BCUT2D eigenvalue weighted by Crippen LogP contribution is -1.93. The standard InChI is InChI=1S/C17H12BrN5OS/c18-13-6-8-15(9-7-13)23-10-14(19-22-23)11-25-17-21-20-16(24-17)12-4-2-1-3-5-12/h1-10H,11H2. The number of aromatic nitrogens is 5. The quantitative estimate of drug-likeness (QED) is 0.452. The van der Waals surface area contributed by atoms with Gasteiger partial charge in [0, 0.05) is 15.8 Å². The fraction of sp³-hybridized carbons (Fsp3) is 0.0588. The van der Waals surface area contributed by atoms with E-state index in [-0.39, 0.29) is 0 Å². The second kappa shape index (κ2) is 7.20. The molecule has 0 amide bonds. The Hall–Kier alpha value is -2.45. The lowest BCUT2D eigenvalue weighted by atomic mass is 10.2. The highest BCUT2D eigenvalue weighted by Gasteiger charge is 2.10. The molecule has 124 valence electrons. The minimum atomic E-state index is 0.511. The summed E-state index contributed by atoms with van der Waals surface area (Å²) in [6.45, 7) is 0. The fourth-order valence-corrected chi connectivity index (χ4v) is 3.09. The molecule has 0 aliphatic carbocycles. The molecular weight excluding hydrogens is 402 g/mol. The summed E-state index contributed by atoms with van der Waals surface area (Å²) >= 11 is 4.86. The molecule has 2 aromatic heterocycles. The van der Waals surface area contributed by atoms with Crippen LogP contribution in [0, 0.1) is 0 Å². The monoisotopic (exact) mass is 413 g/mol. The SMILES string of the molecule is Brc1ccc(-n2cc(CSc3nnc(-c4ccccc4)o3)nn2)cc1. The first-order chi connectivity index (χ1) is 12.3. The van der Waals surface area contributed by atoms with Crippen LogP contribution in [-0.4, -0.2) is 25.2 Å². The van der Waals surface area contributed by atoms with E-state index < -0.39 is 0 Å². The van der Waals surface area contributed by atoms with Crippen LogP contribution in [0.3, 0.4) is 0 Å². The Balaban J connectivity index is 1.42. The van der Waals surface area contributed by atoms with E-state index in [2.05, 4.69) is 36.4 Å². The van der Waals surface area contributed by atoms with Crippen molar-refractivity contribution < 1.29 is 4.42 Å². The van der Waals surface area contributed by atoms with Crippen molar-refractivity contribution in [3.8, 4) is 17.1 Å². The highest BCUT2D eigenvalue weighted by Crippen LogP contribution is 2.25. The van der Waals surface area contributed by atoms with Crippen molar-refractivity contribution in [2.24, 2.45) is 0 Å². The van der Waals surface area contributed by atoms with Gasteiger partial charge in [0.2, 0.25) is 5.89 Å². The van der Waals surface area contributed by atoms with E-state index in [1.807, 2.05) is 60.8 Å². The summed E-state index contributed by atoms with van der Waals surface area (Å²) in [4.78, 5) is 0. The molecule has 0 bridgehead atoms. The van der Waals surface area contributed by atoms with Crippen LogP contribution in [0.1, 0.15) is 5.69 Å². The molecule has 0 saturated heterocycles. The third-order valence-corrected chi connectivity index (χ3v) is 4.78. The van der Waals surface area contributed by atoms with E-state index in [0.29, 0.717) is 16.9 Å². The Morgan fingerprint density at radius 2 is 1.76 bits per heavy atom. The molecule has 0 saturated carbocycles. The minimum Gasteiger partial charge on any atom is -0.411 e. The van der Waals surface area contributed by atoms with Crippen molar-refractivity contribution in [1.82, 2.24) is 25.2 Å². The van der Waals surface area contributed by atoms with Gasteiger partial charge in [0.1, 0.15) is 0 Å². The second-order valence-electron chi connectivity index (χ2n) is 5.16. The van der Waals surface area contributed by atoms with E-state index in [0.717, 1.165) is 21.4 Å². The summed E-state index contributed by atoms with van der Waals surface area (Å²) in [5, 5.41) is 17.0. The summed E-state index contributed by atoms with van der Waals surface area (Å²) in [6.07, 6.45) is 1.89. The highest BCUT2D eigenvalue weighted by molar-refractivity contribution is 9.10. The molecule has 8 heteroatoms. The lowest BCUT2D eigenvalue weighted by molar-refractivity contribution is 0.466. The first kappa shape index (κ1) is 16.0. The number of hydrogen-bond donors (Lipinski definition) is 0. The molecule has 0 spiro atoms. The maximum Gasteiger partial charge on any atom is 0.277 e. The van der Waals surface area contributed by atoms with Gasteiger partial charge in [-0.05, 0) is 36.4 Å². The van der Waals surface area contributed by atoms with Gasteiger partial charge in [0.25, 0.3) is 5.22 Å². The second-order valence-corrected chi connectivity index (χ2v) is 7.00. The zero-order valence-corrected chi connectivity index (χ0v) is 15.3. The van der Waals surface area contributed by atoms with Gasteiger partial charge in [0.05, 0.1) is 17.6 Å². The van der Waals surface area contributed by atoms with E-state index in [1.165, 1.54) is 11.8 Å². The van der Waals surface area contributed by atoms with Crippen LogP contribution in [0.15, 0.2) is 74.9 Å². The maximum absolute atomic E-state index is 5.68. The molecule has 2 aromatic carbocycles. The average molecular weight is 414 g/mol. The molecule has 0 N–H and O–H groups in total. The van der Waals surface area contributed by atoms with Gasteiger partial charge < -0.3 is 4.42 Å². The molecule has 0 aliphatic heterocycles. The molecular formula is C17H12BrN5OS. The van der Waals surface area contributed by atoms with Gasteiger partial charge in [-0.15, -0.1) is 15.3 Å². The topological polar surface area (TPSA) is 69.6 Å². The van der Waals surface area contributed by atoms with Crippen LogP contribution in [0.5, 0.6) is 0 Å². The van der Waals surface area contributed by atoms with E-state index in [9.17, 15) is 0 Å². The summed E-state index contributed by atoms with van der Waals surface area (Å²) in [6, 6.07) is 17.6. The molecule has 0 atom stereocenters. The van der Waals surface area contributed by atoms with Gasteiger partial charge in [-0.2, -0.15) is 0 Å². The first-order valence-electron chi connectivity index (χ1n) is 7.47. The van der Waals surface area contributed by atoms with Crippen molar-refractivity contribution >= 4 is 27.7 Å². The van der Waals surface area contributed by atoms with Crippen molar-refractivity contribution in [1.29, 1.82) is 0 Å². The number of nitrogens with zero attached hydrogens (tertiary/aromatic N) is 5. The number of rotatable bonds is 5. The van der Waals surface area contributed by atoms with Crippen molar-refractivity contribution in [3.05, 3.63) is 71.0 Å². The van der Waals surface area contributed by atoms with Crippen molar-refractivity contribution in [2.75, 3.05) is 0 Å². The largest absolute Gasteiger partial charge is 0.411 e. The van der Waals surface area contributed by atoms with Gasteiger partial charge in [-0.25, -0.2) is 4.68 Å². The predicted molar refractivity (Wildman–Crippen MR) is 98.4 cm³/mol. The Morgan fingerprint density at radius 1 is 0.960 bits per heavy atom. The van der Waals surface area contributed by atoms with Crippen molar-refractivity contribution in [2.45, 2.75) is 11.0 Å². The van der Waals surface area contributed by atoms with Gasteiger partial charge in [-0.1, -0.05) is 51.1 Å². The average Bonchev–Trinajstić information content (AvgIpc) is 3.31. The summed E-state index contributed by atoms with van der Waals surface area (Å²) < 4.78 is 8.44. The predicted octanol–water partition coefficient (Wildman–Crippen LogP) is 4.37. The molecule has 0 radical (unpaired) electrons. The third kappa shape index (κ3) is 3.80. The van der Waals surface area contributed by atoms with E-state index >= 15 is 0 Å². The molecule has 2 heterocycles. The normalized spacial score (nSPS) is 10.9. The van der Waals surface area contributed by atoms with Crippen LogP contribution in [0.4, 0.5) is 0 Å². The van der Waals surface area contributed by atoms with Gasteiger partial charge in [0.15, 0.2) is 0 Å². The lowest BCUT2D eigenvalue weighted by Gasteiger charge is -1.98. The summed E-state index contributed by atoms with van der Waals surface area (Å²) in [7, 11) is 0. The molecule has 4 rings (SSSR count). The molecule has 0 fully saturated rings. The van der Waals surface area contributed by atoms with Gasteiger partial charge in [-0.3, -0.25) is 0 Å². The number of hydrogen-bond acceptors (Lipinski definition) is 6. The van der Waals surface area contributed by atoms with Crippen LogP contribution >= 0.6 is 27.7 Å². The number of thioether (sulfide) groups is 1. The zero-order chi connectivity index (χ0) is 17.1. The highest BCUT2D eigenvalue weighted by atomic mass is 79.9. The molecule has 0 unspecified atom stereocenters. The van der Waals surface area contributed by atoms with Crippen LogP contribution in [-0.2, 0) is 5.75 Å². The van der Waals surface area contributed by atoms with Crippen LogP contribution < -0.4 is 0 Å². The molecule has 6 nitrogen and oxygen atoms in total.